The third kappa shape index (κ3) is 3.29. The van der Waals surface area contributed by atoms with Crippen molar-refractivity contribution in [2.45, 2.75) is 37.0 Å². The molecule has 0 spiro atoms. The summed E-state index contributed by atoms with van der Waals surface area (Å²) in [7, 11) is 0. The molecule has 0 unspecified atom stereocenters. The summed E-state index contributed by atoms with van der Waals surface area (Å²) in [5.41, 5.74) is 2.74. The normalized spacial score (nSPS) is 13.2. The van der Waals surface area contributed by atoms with E-state index in [9.17, 15) is 4.39 Å². The van der Waals surface area contributed by atoms with Gasteiger partial charge in [0.2, 0.25) is 0 Å². The number of hydrogen-bond donors (Lipinski definition) is 0. The molecular weight excluding hydrogens is 310 g/mol. The molecule has 1 aromatic carbocycles. The molecule has 0 aliphatic rings. The van der Waals surface area contributed by atoms with Crippen molar-refractivity contribution >= 4 is 17.7 Å². The van der Waals surface area contributed by atoms with E-state index in [1.165, 1.54) is 16.5 Å². The molecule has 0 fully saturated rings. The monoisotopic (exact) mass is 334 g/mol. The van der Waals surface area contributed by atoms with E-state index in [0.29, 0.717) is 0 Å². The molecule has 0 saturated heterocycles. The Kier molecular flexibility index (Phi) is 3.92. The Bertz CT molecular complexity index is 639. The third-order valence-corrected chi connectivity index (χ3v) is 7.62. The van der Waals surface area contributed by atoms with E-state index in [4.69, 9.17) is 1.37 Å². The Morgan fingerprint density at radius 3 is 2.25 bits per heavy atom. The number of pyridine rings is 1. The molecule has 0 atom stereocenters. The van der Waals surface area contributed by atoms with E-state index >= 15 is 0 Å². The van der Waals surface area contributed by atoms with Crippen LogP contribution in [0, 0.1) is 5.82 Å². The Hall–Kier alpha value is -1.16. The van der Waals surface area contributed by atoms with Gasteiger partial charge in [-0.2, -0.15) is 0 Å². The quantitative estimate of drug-likeness (QED) is 0.751. The van der Waals surface area contributed by atoms with E-state index in [2.05, 4.69) is 22.3 Å². The minimum absolute atomic E-state index is 0.249. The third-order valence-electron chi connectivity index (χ3n) is 3.39. The van der Waals surface area contributed by atoms with Gasteiger partial charge in [-0.25, -0.2) is 0 Å². The maximum absolute atomic E-state index is 13.0. The second kappa shape index (κ2) is 5.68. The molecule has 0 amide bonds. The minimum atomic E-state index is -2.09. The van der Waals surface area contributed by atoms with Gasteiger partial charge in [-0.15, -0.1) is 0 Å². The fraction of sp³-hybridized carbons (Fsp3) is 0.353. The Labute approximate surface area is 125 Å². The van der Waals surface area contributed by atoms with Gasteiger partial charge in [0, 0.05) is 0 Å². The van der Waals surface area contributed by atoms with Gasteiger partial charge in [0.15, 0.2) is 0 Å². The van der Waals surface area contributed by atoms with Crippen molar-refractivity contribution < 1.29 is 5.76 Å². The van der Waals surface area contributed by atoms with E-state index in [1.807, 2.05) is 26.1 Å². The summed E-state index contributed by atoms with van der Waals surface area (Å²) in [6.45, 7) is 3.82. The average Bonchev–Trinajstić information content (AvgIpc) is 2.37. The second-order valence-electron chi connectivity index (χ2n) is 6.37. The van der Waals surface area contributed by atoms with Crippen LogP contribution in [0.2, 0.25) is 17.3 Å². The summed E-state index contributed by atoms with van der Waals surface area (Å²) < 4.78 is 22.7. The van der Waals surface area contributed by atoms with E-state index < -0.39 is 19.2 Å². The first-order valence-corrected chi connectivity index (χ1v) is 14.2. The molecule has 1 heterocycles. The van der Waals surface area contributed by atoms with Crippen molar-refractivity contribution in [2.24, 2.45) is 0 Å². The van der Waals surface area contributed by atoms with E-state index in [0.717, 1.165) is 16.8 Å². The number of benzene rings is 1. The molecular formula is C17H22FGeN. The first-order chi connectivity index (χ1) is 9.59. The predicted molar refractivity (Wildman–Crippen MR) is 86.7 cm³/mol. The molecule has 20 heavy (non-hydrogen) atoms. The van der Waals surface area contributed by atoms with Crippen LogP contribution in [0.15, 0.2) is 36.5 Å². The first-order valence-electron chi connectivity index (χ1n) is 7.36. The van der Waals surface area contributed by atoms with Gasteiger partial charge >= 0.3 is 125 Å². The van der Waals surface area contributed by atoms with Crippen molar-refractivity contribution in [1.29, 1.82) is 0 Å². The summed E-state index contributed by atoms with van der Waals surface area (Å²) in [6.07, 6.45) is 1.93. The van der Waals surface area contributed by atoms with Crippen LogP contribution in [0.3, 0.4) is 0 Å². The summed E-state index contributed by atoms with van der Waals surface area (Å²) in [5, 5.41) is 0. The molecule has 106 valence electrons. The molecule has 0 aliphatic carbocycles. The van der Waals surface area contributed by atoms with Crippen molar-refractivity contribution in [3.63, 3.8) is 0 Å². The van der Waals surface area contributed by atoms with Crippen LogP contribution < -0.4 is 4.40 Å². The first kappa shape index (κ1) is 13.8. The van der Waals surface area contributed by atoms with Crippen LogP contribution in [0.1, 0.15) is 26.7 Å². The van der Waals surface area contributed by atoms with Crippen LogP contribution in [0.4, 0.5) is 4.39 Å². The number of rotatable bonds is 3. The molecule has 0 radical (unpaired) electrons. The standard InChI is InChI=1S/C17H22FGeN/c1-12(2)15-10-17(13-6-8-14(18)9-7-13)20-11-16(15)19(3,4)5/h6-12H,1-5H3/i12D. The second-order valence-corrected chi connectivity index (χ2v) is 16.9. The van der Waals surface area contributed by atoms with Gasteiger partial charge in [0.05, 0.1) is 0 Å². The summed E-state index contributed by atoms with van der Waals surface area (Å²) in [4.78, 5) is 4.56. The van der Waals surface area contributed by atoms with Crippen LogP contribution in [-0.4, -0.2) is 18.3 Å². The van der Waals surface area contributed by atoms with Crippen molar-refractivity contribution in [3.05, 3.63) is 47.9 Å². The van der Waals surface area contributed by atoms with Gasteiger partial charge in [0.1, 0.15) is 0 Å². The van der Waals surface area contributed by atoms with Crippen molar-refractivity contribution in [1.82, 2.24) is 4.98 Å². The Morgan fingerprint density at radius 2 is 1.75 bits per heavy atom. The molecule has 2 rings (SSSR count). The Balaban J connectivity index is 2.60. The van der Waals surface area contributed by atoms with Crippen molar-refractivity contribution in [3.8, 4) is 11.3 Å². The number of nitrogens with zero attached hydrogens (tertiary/aromatic N) is 1. The number of aromatic nitrogens is 1. The van der Waals surface area contributed by atoms with Gasteiger partial charge in [-0.05, 0) is 0 Å². The van der Waals surface area contributed by atoms with Crippen molar-refractivity contribution in [2.75, 3.05) is 0 Å². The van der Waals surface area contributed by atoms with Crippen LogP contribution in [0.25, 0.3) is 11.3 Å². The number of halogens is 1. The Morgan fingerprint density at radius 1 is 1.15 bits per heavy atom. The van der Waals surface area contributed by atoms with Crippen LogP contribution >= 0.6 is 0 Å². The zero-order valence-corrected chi connectivity index (χ0v) is 14.9. The molecule has 3 heteroatoms. The molecule has 0 bridgehead atoms. The molecule has 1 aromatic heterocycles. The van der Waals surface area contributed by atoms with Crippen LogP contribution in [-0.2, 0) is 0 Å². The molecule has 0 aliphatic heterocycles. The molecule has 0 N–H and O–H groups in total. The molecule has 0 saturated carbocycles. The van der Waals surface area contributed by atoms with E-state index in [1.54, 1.807) is 12.1 Å². The fourth-order valence-corrected chi connectivity index (χ4v) is 5.56. The zero-order valence-electron chi connectivity index (χ0n) is 13.8. The topological polar surface area (TPSA) is 12.9 Å². The van der Waals surface area contributed by atoms with E-state index in [-0.39, 0.29) is 5.82 Å². The zero-order chi connectivity index (χ0) is 15.8. The van der Waals surface area contributed by atoms with Gasteiger partial charge < -0.3 is 0 Å². The average molecular weight is 333 g/mol. The summed E-state index contributed by atoms with van der Waals surface area (Å²) in [5.74, 6) is 6.02. The maximum atomic E-state index is 13.0. The van der Waals surface area contributed by atoms with Gasteiger partial charge in [-0.1, -0.05) is 0 Å². The summed E-state index contributed by atoms with van der Waals surface area (Å²) in [6, 6.07) is 8.36. The van der Waals surface area contributed by atoms with Gasteiger partial charge in [-0.3, -0.25) is 0 Å². The fourth-order valence-electron chi connectivity index (χ4n) is 2.25. The predicted octanol–water partition coefficient (Wildman–Crippen LogP) is 4.56. The molecule has 1 nitrogen and oxygen atoms in total. The summed E-state index contributed by atoms with van der Waals surface area (Å²) >= 11 is -2.09. The van der Waals surface area contributed by atoms with Gasteiger partial charge in [0.25, 0.3) is 0 Å². The molecule has 2 aromatic rings. The van der Waals surface area contributed by atoms with Crippen LogP contribution in [0.5, 0.6) is 0 Å². The number of hydrogen-bond acceptors (Lipinski definition) is 1. The SMILES string of the molecule is [2H]C(C)(C)c1cc(-c2ccc(F)cc2)nc[c]1[Ge]([CH3])([CH3])[CH3].